The summed E-state index contributed by atoms with van der Waals surface area (Å²) in [7, 11) is 0. The van der Waals surface area contributed by atoms with Crippen LogP contribution in [0.3, 0.4) is 0 Å². The molecule has 0 unspecified atom stereocenters. The Morgan fingerprint density at radius 2 is 1.42 bits per heavy atom. The summed E-state index contributed by atoms with van der Waals surface area (Å²) in [5, 5.41) is 0. The van der Waals surface area contributed by atoms with Crippen molar-refractivity contribution in [1.82, 2.24) is 0 Å². The quantitative estimate of drug-likeness (QED) is 0.165. The Morgan fingerprint density at radius 1 is 0.885 bits per heavy atom. The molecule has 1 heterocycles. The first-order valence-corrected chi connectivity index (χ1v) is 11.0. The standard InChI is InChI=1S/C23H42O3/c1-3-4-5-6-7-8-9-10-11-12-13-14-15-16-17-18-22(24)26-21-23(2)19-25-20-23/h10-11H,3-9,12-21H2,1-2H3. The molecule has 0 aromatic heterocycles. The van der Waals surface area contributed by atoms with E-state index in [9.17, 15) is 4.79 Å². The molecule has 1 aliphatic heterocycles. The number of unbranched alkanes of at least 4 members (excludes halogenated alkanes) is 11. The monoisotopic (exact) mass is 366 g/mol. The second-order valence-corrected chi connectivity index (χ2v) is 8.30. The molecular weight excluding hydrogens is 324 g/mol. The number of allylic oxidation sites excluding steroid dienone is 2. The van der Waals surface area contributed by atoms with Gasteiger partial charge in [-0.05, 0) is 32.1 Å². The van der Waals surface area contributed by atoms with Crippen LogP contribution in [0, 0.1) is 5.41 Å². The molecule has 26 heavy (non-hydrogen) atoms. The van der Waals surface area contributed by atoms with Crippen molar-refractivity contribution < 1.29 is 14.3 Å². The lowest BCUT2D eigenvalue weighted by molar-refractivity contribution is -0.165. The third-order valence-electron chi connectivity index (χ3n) is 5.13. The minimum atomic E-state index is -0.0456. The minimum absolute atomic E-state index is 0.0456. The van der Waals surface area contributed by atoms with E-state index in [2.05, 4.69) is 26.0 Å². The van der Waals surface area contributed by atoms with Crippen molar-refractivity contribution in [2.45, 2.75) is 104 Å². The largest absolute Gasteiger partial charge is 0.465 e. The molecule has 3 nitrogen and oxygen atoms in total. The maximum atomic E-state index is 11.7. The van der Waals surface area contributed by atoms with Crippen molar-refractivity contribution in [2.75, 3.05) is 19.8 Å². The van der Waals surface area contributed by atoms with E-state index in [1.165, 1.54) is 70.6 Å². The van der Waals surface area contributed by atoms with Gasteiger partial charge in [0.15, 0.2) is 0 Å². The number of hydrogen-bond donors (Lipinski definition) is 0. The molecule has 1 rings (SSSR count). The highest BCUT2D eigenvalue weighted by Gasteiger charge is 2.34. The summed E-state index contributed by atoms with van der Waals surface area (Å²) in [5.74, 6) is -0.0456. The molecule has 0 amide bonds. The van der Waals surface area contributed by atoms with E-state index >= 15 is 0 Å². The lowest BCUT2D eigenvalue weighted by Crippen LogP contribution is -2.44. The molecular formula is C23H42O3. The number of ether oxygens (including phenoxy) is 2. The summed E-state index contributed by atoms with van der Waals surface area (Å²) in [4.78, 5) is 11.7. The first kappa shape index (κ1) is 23.2. The van der Waals surface area contributed by atoms with E-state index in [-0.39, 0.29) is 11.4 Å². The second kappa shape index (κ2) is 15.2. The summed E-state index contributed by atoms with van der Waals surface area (Å²) >= 11 is 0. The van der Waals surface area contributed by atoms with Crippen molar-refractivity contribution >= 4 is 5.97 Å². The predicted molar refractivity (Wildman–Crippen MR) is 109 cm³/mol. The lowest BCUT2D eigenvalue weighted by atomic mass is 9.90. The third-order valence-corrected chi connectivity index (χ3v) is 5.13. The molecule has 0 saturated carbocycles. The van der Waals surface area contributed by atoms with E-state index in [0.29, 0.717) is 26.2 Å². The van der Waals surface area contributed by atoms with Gasteiger partial charge in [-0.2, -0.15) is 0 Å². The van der Waals surface area contributed by atoms with Gasteiger partial charge in [-0.25, -0.2) is 0 Å². The molecule has 0 aromatic rings. The zero-order valence-corrected chi connectivity index (χ0v) is 17.4. The Kier molecular flexibility index (Phi) is 13.6. The van der Waals surface area contributed by atoms with Crippen molar-refractivity contribution in [3.05, 3.63) is 12.2 Å². The molecule has 0 N–H and O–H groups in total. The van der Waals surface area contributed by atoms with Crippen LogP contribution < -0.4 is 0 Å². The first-order valence-electron chi connectivity index (χ1n) is 11.0. The Labute approximate surface area is 161 Å². The Hall–Kier alpha value is -0.830. The van der Waals surface area contributed by atoms with E-state index in [0.717, 1.165) is 12.8 Å². The topological polar surface area (TPSA) is 35.5 Å². The SMILES string of the molecule is CCCCCCCCC=CCCCCCCCC(=O)OCC1(C)COC1. The van der Waals surface area contributed by atoms with Crippen molar-refractivity contribution in [3.63, 3.8) is 0 Å². The van der Waals surface area contributed by atoms with Crippen molar-refractivity contribution in [3.8, 4) is 0 Å². The zero-order valence-electron chi connectivity index (χ0n) is 17.4. The average molecular weight is 367 g/mol. The van der Waals surface area contributed by atoms with Gasteiger partial charge < -0.3 is 9.47 Å². The fourth-order valence-corrected chi connectivity index (χ4v) is 3.20. The van der Waals surface area contributed by atoms with Crippen LogP contribution >= 0.6 is 0 Å². The molecule has 1 aliphatic rings. The minimum Gasteiger partial charge on any atom is -0.465 e. The van der Waals surface area contributed by atoms with Gasteiger partial charge in [-0.15, -0.1) is 0 Å². The summed E-state index contributed by atoms with van der Waals surface area (Å²) in [6.45, 7) is 6.31. The fourth-order valence-electron chi connectivity index (χ4n) is 3.20. The van der Waals surface area contributed by atoms with Crippen molar-refractivity contribution in [2.24, 2.45) is 5.41 Å². The first-order chi connectivity index (χ1) is 12.7. The molecule has 0 spiro atoms. The summed E-state index contributed by atoms with van der Waals surface area (Å²) in [6, 6.07) is 0. The normalized spacial score (nSPS) is 15.9. The highest BCUT2D eigenvalue weighted by Crippen LogP contribution is 2.26. The van der Waals surface area contributed by atoms with E-state index < -0.39 is 0 Å². The van der Waals surface area contributed by atoms with E-state index in [1.807, 2.05) is 0 Å². The molecule has 3 heteroatoms. The molecule has 0 aliphatic carbocycles. The van der Waals surface area contributed by atoms with Crippen LogP contribution in [0.4, 0.5) is 0 Å². The molecule has 0 atom stereocenters. The maximum Gasteiger partial charge on any atom is 0.305 e. The highest BCUT2D eigenvalue weighted by atomic mass is 16.5. The number of hydrogen-bond acceptors (Lipinski definition) is 3. The van der Waals surface area contributed by atoms with Gasteiger partial charge in [0.1, 0.15) is 6.61 Å². The zero-order chi connectivity index (χ0) is 18.9. The van der Waals surface area contributed by atoms with Crippen LogP contribution in [0.1, 0.15) is 104 Å². The van der Waals surface area contributed by atoms with Crippen LogP contribution in [-0.4, -0.2) is 25.8 Å². The number of esters is 1. The fraction of sp³-hybridized carbons (Fsp3) is 0.870. The molecule has 0 radical (unpaired) electrons. The smallest absolute Gasteiger partial charge is 0.305 e. The molecule has 0 bridgehead atoms. The van der Waals surface area contributed by atoms with E-state index in [1.54, 1.807) is 0 Å². The van der Waals surface area contributed by atoms with E-state index in [4.69, 9.17) is 9.47 Å². The third kappa shape index (κ3) is 12.5. The van der Waals surface area contributed by atoms with Gasteiger partial charge in [-0.1, -0.05) is 77.4 Å². The summed E-state index contributed by atoms with van der Waals surface area (Å²) in [6.07, 6.45) is 21.9. The Balaban J connectivity index is 1.77. The van der Waals surface area contributed by atoms with Crippen LogP contribution in [0.2, 0.25) is 0 Å². The maximum absolute atomic E-state index is 11.7. The highest BCUT2D eigenvalue weighted by molar-refractivity contribution is 5.69. The van der Waals surface area contributed by atoms with Gasteiger partial charge in [0, 0.05) is 11.8 Å². The van der Waals surface area contributed by atoms with Gasteiger partial charge in [-0.3, -0.25) is 4.79 Å². The summed E-state index contributed by atoms with van der Waals surface area (Å²) < 4.78 is 10.5. The van der Waals surface area contributed by atoms with Gasteiger partial charge in [0.05, 0.1) is 13.2 Å². The van der Waals surface area contributed by atoms with Crippen molar-refractivity contribution in [1.29, 1.82) is 0 Å². The lowest BCUT2D eigenvalue weighted by Gasteiger charge is -2.37. The Morgan fingerprint density at radius 3 is 1.96 bits per heavy atom. The average Bonchev–Trinajstić information content (AvgIpc) is 2.61. The second-order valence-electron chi connectivity index (χ2n) is 8.30. The van der Waals surface area contributed by atoms with Crippen LogP contribution in [0.5, 0.6) is 0 Å². The van der Waals surface area contributed by atoms with Crippen LogP contribution in [0.15, 0.2) is 12.2 Å². The number of carbonyl (C=O) groups is 1. The molecule has 0 aromatic carbocycles. The van der Waals surface area contributed by atoms with Gasteiger partial charge in [0.25, 0.3) is 0 Å². The van der Waals surface area contributed by atoms with Gasteiger partial charge >= 0.3 is 5.97 Å². The number of rotatable bonds is 17. The Bertz CT molecular complexity index is 372. The van der Waals surface area contributed by atoms with Crippen LogP contribution in [-0.2, 0) is 14.3 Å². The molecule has 152 valence electrons. The van der Waals surface area contributed by atoms with Crippen LogP contribution in [0.25, 0.3) is 0 Å². The van der Waals surface area contributed by atoms with Gasteiger partial charge in [0.2, 0.25) is 0 Å². The number of carbonyl (C=O) groups excluding carboxylic acids is 1. The summed E-state index contributed by atoms with van der Waals surface area (Å²) in [5.41, 5.74) is 0.0677. The molecule has 1 saturated heterocycles. The predicted octanol–water partition coefficient (Wildman–Crippen LogP) is 6.60. The molecule has 1 fully saturated rings.